The normalized spacial score (nSPS) is 16.0. The molecule has 1 saturated heterocycles. The van der Waals surface area contributed by atoms with Gasteiger partial charge in [-0.25, -0.2) is 0 Å². The molecule has 1 aromatic carbocycles. The van der Waals surface area contributed by atoms with E-state index in [0.717, 1.165) is 18.7 Å². The number of anilines is 1. The van der Waals surface area contributed by atoms with E-state index in [1.807, 2.05) is 26.0 Å². The molecular weight excluding hydrogens is 266 g/mol. The van der Waals surface area contributed by atoms with Crippen molar-refractivity contribution in [1.82, 2.24) is 10.2 Å². The van der Waals surface area contributed by atoms with Gasteiger partial charge in [-0.15, -0.1) is 0 Å². The van der Waals surface area contributed by atoms with Gasteiger partial charge >= 0.3 is 0 Å². The van der Waals surface area contributed by atoms with Crippen LogP contribution < -0.4 is 10.6 Å². The van der Waals surface area contributed by atoms with Crippen molar-refractivity contribution in [1.29, 1.82) is 0 Å². The van der Waals surface area contributed by atoms with Crippen LogP contribution in [0.25, 0.3) is 0 Å². The van der Waals surface area contributed by atoms with E-state index in [2.05, 4.69) is 10.6 Å². The Morgan fingerprint density at radius 1 is 1.33 bits per heavy atom. The highest BCUT2D eigenvalue weighted by Crippen LogP contribution is 2.20. The summed E-state index contributed by atoms with van der Waals surface area (Å²) in [6.07, 6.45) is 0. The average Bonchev–Trinajstić information content (AvgIpc) is 2.37. The molecule has 1 atom stereocenters. The molecule has 2 rings (SSSR count). The lowest BCUT2D eigenvalue weighted by Crippen LogP contribution is -2.48. The van der Waals surface area contributed by atoms with E-state index < -0.39 is 0 Å². The Labute approximate surface area is 125 Å². The minimum atomic E-state index is -0.0557. The van der Waals surface area contributed by atoms with Gasteiger partial charge in [-0.1, -0.05) is 13.0 Å². The fraction of sp³-hybridized carbons (Fsp3) is 0.500. The molecule has 0 radical (unpaired) electrons. The van der Waals surface area contributed by atoms with Crippen molar-refractivity contribution >= 4 is 17.5 Å². The summed E-state index contributed by atoms with van der Waals surface area (Å²) in [5.74, 6) is 0.326. The van der Waals surface area contributed by atoms with Crippen LogP contribution in [0.15, 0.2) is 18.2 Å². The first-order valence-corrected chi connectivity index (χ1v) is 7.24. The second kappa shape index (κ2) is 6.26. The van der Waals surface area contributed by atoms with Gasteiger partial charge in [0.1, 0.15) is 0 Å². The van der Waals surface area contributed by atoms with Gasteiger partial charge in [0.25, 0.3) is 5.91 Å². The third-order valence-electron chi connectivity index (χ3n) is 4.08. The molecule has 2 amide bonds. The summed E-state index contributed by atoms with van der Waals surface area (Å²) in [5, 5.41) is 6.09. The van der Waals surface area contributed by atoms with Crippen molar-refractivity contribution in [3.63, 3.8) is 0 Å². The Balaban J connectivity index is 2.11. The van der Waals surface area contributed by atoms with Gasteiger partial charge in [0, 0.05) is 31.3 Å². The molecule has 0 aliphatic carbocycles. The van der Waals surface area contributed by atoms with E-state index >= 15 is 0 Å². The quantitative estimate of drug-likeness (QED) is 0.883. The topological polar surface area (TPSA) is 61.4 Å². The zero-order chi connectivity index (χ0) is 15.6. The van der Waals surface area contributed by atoms with Gasteiger partial charge in [0.05, 0.1) is 0 Å². The number of rotatable bonds is 4. The van der Waals surface area contributed by atoms with Gasteiger partial charge in [0.2, 0.25) is 5.91 Å². The van der Waals surface area contributed by atoms with E-state index in [0.29, 0.717) is 17.2 Å². The molecule has 0 bridgehead atoms. The van der Waals surface area contributed by atoms with Crippen LogP contribution in [0.1, 0.15) is 22.8 Å². The van der Waals surface area contributed by atoms with Gasteiger partial charge in [-0.3, -0.25) is 9.59 Å². The molecule has 1 unspecified atom stereocenters. The Kier molecular flexibility index (Phi) is 4.63. The third kappa shape index (κ3) is 3.42. The number of benzene rings is 1. The van der Waals surface area contributed by atoms with Crippen LogP contribution >= 0.6 is 0 Å². The largest absolute Gasteiger partial charge is 0.345 e. The highest BCUT2D eigenvalue weighted by molar-refractivity contribution is 5.98. The van der Waals surface area contributed by atoms with Crippen LogP contribution in [0.3, 0.4) is 0 Å². The molecule has 1 fully saturated rings. The van der Waals surface area contributed by atoms with Crippen molar-refractivity contribution in [2.45, 2.75) is 13.8 Å². The molecule has 0 spiro atoms. The second-order valence-electron chi connectivity index (χ2n) is 5.93. The number of hydrogen-bond donors (Lipinski definition) is 2. The fourth-order valence-electron chi connectivity index (χ4n) is 2.31. The minimum absolute atomic E-state index is 0.00797. The van der Waals surface area contributed by atoms with Crippen LogP contribution in [0.4, 0.5) is 5.69 Å². The number of amides is 2. The van der Waals surface area contributed by atoms with Crippen molar-refractivity contribution in [3.05, 3.63) is 29.3 Å². The number of nitrogens with zero attached hydrogens (tertiary/aromatic N) is 1. The van der Waals surface area contributed by atoms with Crippen molar-refractivity contribution in [3.8, 4) is 0 Å². The van der Waals surface area contributed by atoms with Crippen LogP contribution in [-0.2, 0) is 4.79 Å². The average molecular weight is 289 g/mol. The molecule has 21 heavy (non-hydrogen) atoms. The monoisotopic (exact) mass is 289 g/mol. The smallest absolute Gasteiger partial charge is 0.253 e. The lowest BCUT2D eigenvalue weighted by molar-refractivity contribution is -0.121. The highest BCUT2D eigenvalue weighted by Gasteiger charge is 2.28. The van der Waals surface area contributed by atoms with Crippen molar-refractivity contribution in [2.24, 2.45) is 11.8 Å². The third-order valence-corrected chi connectivity index (χ3v) is 4.08. The maximum atomic E-state index is 12.2. The van der Waals surface area contributed by atoms with E-state index in [1.54, 1.807) is 20.2 Å². The molecule has 0 saturated carbocycles. The SMILES string of the molecule is Cc1ccc(NC(=O)C(C)C2CNC2)cc1C(=O)N(C)C. The fourth-order valence-corrected chi connectivity index (χ4v) is 2.31. The van der Waals surface area contributed by atoms with Crippen LogP contribution in [0, 0.1) is 18.8 Å². The zero-order valence-corrected chi connectivity index (χ0v) is 13.1. The summed E-state index contributed by atoms with van der Waals surface area (Å²) in [6, 6.07) is 5.45. The standard InChI is InChI=1S/C16H23N3O2/c1-10-5-6-13(7-14(10)16(21)19(3)4)18-15(20)11(2)12-8-17-9-12/h5-7,11-12,17H,8-9H2,1-4H3,(H,18,20). The Hall–Kier alpha value is -1.88. The molecule has 114 valence electrons. The minimum Gasteiger partial charge on any atom is -0.345 e. The molecule has 1 aliphatic heterocycles. The molecule has 0 aromatic heterocycles. The Morgan fingerprint density at radius 2 is 2.00 bits per heavy atom. The summed E-state index contributed by atoms with van der Waals surface area (Å²) in [5.41, 5.74) is 2.20. The molecule has 2 N–H and O–H groups in total. The predicted octanol–water partition coefficient (Wildman–Crippen LogP) is 1.49. The molecule has 1 aromatic rings. The molecular formula is C16H23N3O2. The van der Waals surface area contributed by atoms with Crippen LogP contribution in [0.2, 0.25) is 0 Å². The number of carbonyl (C=O) groups excluding carboxylic acids is 2. The molecule has 1 aliphatic rings. The Bertz CT molecular complexity index is 550. The summed E-state index contributed by atoms with van der Waals surface area (Å²) < 4.78 is 0. The molecule has 1 heterocycles. The lowest BCUT2D eigenvalue weighted by Gasteiger charge is -2.31. The first-order chi connectivity index (χ1) is 9.90. The maximum absolute atomic E-state index is 12.2. The van der Waals surface area contributed by atoms with E-state index in [-0.39, 0.29) is 17.7 Å². The lowest BCUT2D eigenvalue weighted by atomic mass is 9.88. The van der Waals surface area contributed by atoms with Gasteiger partial charge in [-0.05, 0) is 43.6 Å². The van der Waals surface area contributed by atoms with Crippen LogP contribution in [0.5, 0.6) is 0 Å². The predicted molar refractivity (Wildman–Crippen MR) is 83.3 cm³/mol. The van der Waals surface area contributed by atoms with Crippen molar-refractivity contribution in [2.75, 3.05) is 32.5 Å². The molecule has 5 heteroatoms. The van der Waals surface area contributed by atoms with Crippen LogP contribution in [-0.4, -0.2) is 43.9 Å². The van der Waals surface area contributed by atoms with E-state index in [4.69, 9.17) is 0 Å². The van der Waals surface area contributed by atoms with Gasteiger partial charge < -0.3 is 15.5 Å². The maximum Gasteiger partial charge on any atom is 0.253 e. The number of nitrogens with one attached hydrogen (secondary N) is 2. The summed E-state index contributed by atoms with van der Waals surface area (Å²) in [6.45, 7) is 5.63. The van der Waals surface area contributed by atoms with E-state index in [9.17, 15) is 9.59 Å². The van der Waals surface area contributed by atoms with Gasteiger partial charge in [-0.2, -0.15) is 0 Å². The van der Waals surface area contributed by atoms with Gasteiger partial charge in [0.15, 0.2) is 0 Å². The Morgan fingerprint density at radius 3 is 2.52 bits per heavy atom. The summed E-state index contributed by atoms with van der Waals surface area (Å²) in [4.78, 5) is 25.9. The number of carbonyl (C=O) groups is 2. The molecule has 5 nitrogen and oxygen atoms in total. The first kappa shape index (κ1) is 15.5. The second-order valence-corrected chi connectivity index (χ2v) is 5.93. The number of aryl methyl sites for hydroxylation is 1. The number of hydrogen-bond acceptors (Lipinski definition) is 3. The first-order valence-electron chi connectivity index (χ1n) is 7.24. The summed E-state index contributed by atoms with van der Waals surface area (Å²) in [7, 11) is 3.44. The van der Waals surface area contributed by atoms with E-state index in [1.165, 1.54) is 4.90 Å². The zero-order valence-electron chi connectivity index (χ0n) is 13.1. The summed E-state index contributed by atoms with van der Waals surface area (Å²) >= 11 is 0. The highest BCUT2D eigenvalue weighted by atomic mass is 16.2. The van der Waals surface area contributed by atoms with Crippen molar-refractivity contribution < 1.29 is 9.59 Å².